The molecule has 7 heteroatoms. The van der Waals surface area contributed by atoms with Crippen molar-refractivity contribution in [2.45, 2.75) is 12.6 Å². The lowest BCUT2D eigenvalue weighted by Gasteiger charge is -2.33. The fraction of sp³-hybridized carbons (Fsp3) is 0.308. The number of para-hydroxylation sites is 1. The molecule has 2 aromatic carbocycles. The molecule has 33 heavy (non-hydrogen) atoms. The van der Waals surface area contributed by atoms with Crippen molar-refractivity contribution in [3.05, 3.63) is 77.6 Å². The summed E-state index contributed by atoms with van der Waals surface area (Å²) in [5.41, 5.74) is 4.62. The number of carbonyl (C=O) groups excluding carboxylic acids is 1. The Morgan fingerprint density at radius 3 is 3.06 bits per heavy atom. The first kappa shape index (κ1) is 21.6. The largest absolute Gasteiger partial charge is 0.383 e. The molecule has 2 aromatic heterocycles. The zero-order valence-electron chi connectivity index (χ0n) is 18.7. The van der Waals surface area contributed by atoms with Crippen molar-refractivity contribution < 1.29 is 14.3 Å². The molecule has 0 aliphatic carbocycles. The van der Waals surface area contributed by atoms with E-state index in [-0.39, 0.29) is 12.0 Å². The van der Waals surface area contributed by atoms with Gasteiger partial charge in [-0.05, 0) is 41.3 Å². The molecule has 3 heterocycles. The van der Waals surface area contributed by atoms with Gasteiger partial charge in [0, 0.05) is 50.4 Å². The van der Waals surface area contributed by atoms with E-state index in [1.165, 1.54) is 10.9 Å². The number of pyridine rings is 1. The number of carbonyl (C=O) groups is 1. The SMILES string of the molecule is COCCNC(=O)c1cc([C@H]2CN(Cc3ccc4[nH]ccc4c3)CCO2)nc2ccccc12. The highest BCUT2D eigenvalue weighted by atomic mass is 16.5. The maximum atomic E-state index is 12.9. The van der Waals surface area contributed by atoms with Crippen molar-refractivity contribution in [1.29, 1.82) is 0 Å². The zero-order chi connectivity index (χ0) is 22.6. The van der Waals surface area contributed by atoms with Crippen LogP contribution in [0.25, 0.3) is 21.8 Å². The first-order valence-corrected chi connectivity index (χ1v) is 11.3. The number of ether oxygens (including phenoxy) is 2. The van der Waals surface area contributed by atoms with E-state index >= 15 is 0 Å². The van der Waals surface area contributed by atoms with Crippen LogP contribution in [0.15, 0.2) is 60.8 Å². The Morgan fingerprint density at radius 1 is 1.24 bits per heavy atom. The van der Waals surface area contributed by atoms with Crippen molar-refractivity contribution in [1.82, 2.24) is 20.2 Å². The lowest BCUT2D eigenvalue weighted by atomic mass is 10.0. The summed E-state index contributed by atoms with van der Waals surface area (Å²) < 4.78 is 11.2. The predicted molar refractivity (Wildman–Crippen MR) is 128 cm³/mol. The summed E-state index contributed by atoms with van der Waals surface area (Å²) in [5.74, 6) is -0.126. The highest BCUT2D eigenvalue weighted by Crippen LogP contribution is 2.27. The second kappa shape index (κ2) is 9.70. The van der Waals surface area contributed by atoms with Gasteiger partial charge in [-0.2, -0.15) is 0 Å². The minimum Gasteiger partial charge on any atom is -0.383 e. The molecular weight excluding hydrogens is 416 g/mol. The Labute approximate surface area is 192 Å². The topological polar surface area (TPSA) is 79.5 Å². The van der Waals surface area contributed by atoms with Gasteiger partial charge in [0.05, 0.1) is 30.0 Å². The van der Waals surface area contributed by atoms with E-state index in [2.05, 4.69) is 39.5 Å². The third kappa shape index (κ3) is 4.75. The lowest BCUT2D eigenvalue weighted by Crippen LogP contribution is -2.38. The molecule has 5 rings (SSSR count). The van der Waals surface area contributed by atoms with E-state index in [9.17, 15) is 4.79 Å². The van der Waals surface area contributed by atoms with Gasteiger partial charge >= 0.3 is 0 Å². The summed E-state index contributed by atoms with van der Waals surface area (Å²) in [4.78, 5) is 23.4. The average molecular weight is 445 g/mol. The monoisotopic (exact) mass is 444 g/mol. The number of hydrogen-bond acceptors (Lipinski definition) is 5. The van der Waals surface area contributed by atoms with Gasteiger partial charge in [-0.25, -0.2) is 4.98 Å². The summed E-state index contributed by atoms with van der Waals surface area (Å²) in [6, 6.07) is 18.2. The van der Waals surface area contributed by atoms with E-state index in [1.54, 1.807) is 7.11 Å². The molecule has 1 aliphatic rings. The van der Waals surface area contributed by atoms with E-state index in [4.69, 9.17) is 14.5 Å². The van der Waals surface area contributed by atoms with Crippen LogP contribution in [0.3, 0.4) is 0 Å². The zero-order valence-corrected chi connectivity index (χ0v) is 18.7. The van der Waals surface area contributed by atoms with Gasteiger partial charge in [0.25, 0.3) is 5.91 Å². The molecule has 0 spiro atoms. The molecular formula is C26H28N4O3. The Hall–Kier alpha value is -3.26. The third-order valence-corrected chi connectivity index (χ3v) is 6.08. The quantitative estimate of drug-likeness (QED) is 0.425. The van der Waals surface area contributed by atoms with Crippen molar-refractivity contribution in [3.8, 4) is 0 Å². The molecule has 0 saturated carbocycles. The number of H-pyrrole nitrogens is 1. The second-order valence-electron chi connectivity index (χ2n) is 8.35. The number of rotatable bonds is 7. The smallest absolute Gasteiger partial charge is 0.252 e. The van der Waals surface area contributed by atoms with Gasteiger partial charge in [0.1, 0.15) is 6.10 Å². The molecule has 2 N–H and O–H groups in total. The van der Waals surface area contributed by atoms with Crippen molar-refractivity contribution >= 4 is 27.7 Å². The number of benzene rings is 2. The molecule has 1 atom stereocenters. The minimum absolute atomic E-state index is 0.126. The van der Waals surface area contributed by atoms with E-state index < -0.39 is 0 Å². The number of morpholine rings is 1. The molecule has 0 bridgehead atoms. The van der Waals surface area contributed by atoms with Crippen LogP contribution in [0, 0.1) is 0 Å². The van der Waals surface area contributed by atoms with Gasteiger partial charge in [-0.1, -0.05) is 24.3 Å². The van der Waals surface area contributed by atoms with Crippen LogP contribution in [-0.2, 0) is 16.0 Å². The Bertz CT molecular complexity index is 1270. The van der Waals surface area contributed by atoms with Gasteiger partial charge in [0.2, 0.25) is 0 Å². The van der Waals surface area contributed by atoms with Crippen LogP contribution < -0.4 is 5.32 Å². The summed E-state index contributed by atoms with van der Waals surface area (Å²) in [7, 11) is 1.62. The van der Waals surface area contributed by atoms with Gasteiger partial charge < -0.3 is 19.8 Å². The van der Waals surface area contributed by atoms with Crippen LogP contribution in [0.5, 0.6) is 0 Å². The van der Waals surface area contributed by atoms with Gasteiger partial charge in [-0.3, -0.25) is 9.69 Å². The average Bonchev–Trinajstić information content (AvgIpc) is 3.31. The Kier molecular flexibility index (Phi) is 6.35. The standard InChI is InChI=1S/C26H28N4O3/c1-32-12-10-28-26(31)21-15-24(29-23-5-3-2-4-20(21)23)25-17-30(11-13-33-25)16-18-6-7-22-19(14-18)8-9-27-22/h2-9,14-15,25,27H,10-13,16-17H2,1H3,(H,28,31)/t25-/m1/s1. The van der Waals surface area contributed by atoms with Crippen LogP contribution in [-0.4, -0.2) is 60.7 Å². The summed E-state index contributed by atoms with van der Waals surface area (Å²) in [6.45, 7) is 3.98. The molecule has 0 radical (unpaired) electrons. The number of aromatic amines is 1. The molecule has 4 aromatic rings. The molecule has 1 aliphatic heterocycles. The van der Waals surface area contributed by atoms with Crippen LogP contribution in [0.1, 0.15) is 27.7 Å². The Morgan fingerprint density at radius 2 is 2.15 bits per heavy atom. The normalized spacial score (nSPS) is 16.9. The van der Waals surface area contributed by atoms with Gasteiger partial charge in [-0.15, -0.1) is 0 Å². The first-order valence-electron chi connectivity index (χ1n) is 11.3. The van der Waals surface area contributed by atoms with Crippen molar-refractivity contribution in [2.75, 3.05) is 40.0 Å². The highest BCUT2D eigenvalue weighted by Gasteiger charge is 2.25. The molecule has 1 amide bonds. The maximum absolute atomic E-state index is 12.9. The van der Waals surface area contributed by atoms with Crippen LogP contribution >= 0.6 is 0 Å². The summed E-state index contributed by atoms with van der Waals surface area (Å²) in [6.07, 6.45) is 1.78. The fourth-order valence-electron chi connectivity index (χ4n) is 4.39. The number of aromatic nitrogens is 2. The lowest BCUT2D eigenvalue weighted by molar-refractivity contribution is -0.0348. The number of nitrogens with one attached hydrogen (secondary N) is 2. The van der Waals surface area contributed by atoms with E-state index in [0.29, 0.717) is 25.3 Å². The molecule has 1 fully saturated rings. The summed E-state index contributed by atoms with van der Waals surface area (Å²) >= 11 is 0. The molecule has 0 unspecified atom stereocenters. The van der Waals surface area contributed by atoms with E-state index in [1.807, 2.05) is 36.5 Å². The number of hydrogen-bond donors (Lipinski definition) is 2. The van der Waals surface area contributed by atoms with Crippen molar-refractivity contribution in [3.63, 3.8) is 0 Å². The highest BCUT2D eigenvalue weighted by molar-refractivity contribution is 6.06. The summed E-state index contributed by atoms with van der Waals surface area (Å²) in [5, 5.41) is 4.99. The second-order valence-corrected chi connectivity index (χ2v) is 8.35. The van der Waals surface area contributed by atoms with Crippen molar-refractivity contribution in [2.24, 2.45) is 0 Å². The van der Waals surface area contributed by atoms with Crippen LogP contribution in [0.4, 0.5) is 0 Å². The predicted octanol–water partition coefficient (Wildman–Crippen LogP) is 3.67. The molecule has 170 valence electrons. The third-order valence-electron chi connectivity index (χ3n) is 6.08. The molecule has 1 saturated heterocycles. The number of methoxy groups -OCH3 is 1. The number of amides is 1. The fourth-order valence-corrected chi connectivity index (χ4v) is 4.39. The maximum Gasteiger partial charge on any atom is 0.252 e. The Balaban J connectivity index is 1.37. The number of nitrogens with zero attached hydrogens (tertiary/aromatic N) is 2. The minimum atomic E-state index is -0.190. The first-order chi connectivity index (χ1) is 16.2. The van der Waals surface area contributed by atoms with Gasteiger partial charge in [0.15, 0.2) is 0 Å². The molecule has 7 nitrogen and oxygen atoms in total. The number of fused-ring (bicyclic) bond motifs is 2. The van der Waals surface area contributed by atoms with Crippen LogP contribution in [0.2, 0.25) is 0 Å². The van der Waals surface area contributed by atoms with E-state index in [0.717, 1.165) is 41.7 Å².